The largest absolute Gasteiger partial charge is 0.480 e. The number of hydrogen-bond donors (Lipinski definition) is 2. The molecule has 0 bridgehead atoms. The summed E-state index contributed by atoms with van der Waals surface area (Å²) in [6.07, 6.45) is 1.60. The van der Waals surface area contributed by atoms with E-state index < -0.39 is 23.5 Å². The van der Waals surface area contributed by atoms with Gasteiger partial charge in [0, 0.05) is 6.54 Å². The van der Waals surface area contributed by atoms with E-state index in [4.69, 9.17) is 10.8 Å². The Kier molecular flexibility index (Phi) is 2.69. The Morgan fingerprint density at radius 1 is 1.50 bits per heavy atom. The molecule has 3 N–H and O–H groups in total. The summed E-state index contributed by atoms with van der Waals surface area (Å²) in [4.78, 5) is 23.3. The molecule has 0 saturated carbocycles. The van der Waals surface area contributed by atoms with E-state index in [0.717, 1.165) is 12.8 Å². The monoisotopic (exact) mass is 200 g/mol. The summed E-state index contributed by atoms with van der Waals surface area (Å²) >= 11 is 0. The SMILES string of the molecule is CC1(C)CCCN(C(N)=O)C1C(=O)O. The predicted molar refractivity (Wildman–Crippen MR) is 50.7 cm³/mol. The van der Waals surface area contributed by atoms with Crippen molar-refractivity contribution in [1.82, 2.24) is 4.90 Å². The molecule has 1 aliphatic rings. The first kappa shape index (κ1) is 10.8. The number of nitrogens with two attached hydrogens (primary N) is 1. The van der Waals surface area contributed by atoms with Gasteiger partial charge in [-0.3, -0.25) is 0 Å². The van der Waals surface area contributed by atoms with Crippen molar-refractivity contribution >= 4 is 12.0 Å². The highest BCUT2D eigenvalue weighted by atomic mass is 16.4. The number of aliphatic carboxylic acids is 1. The number of likely N-dealkylation sites (tertiary alicyclic amines) is 1. The van der Waals surface area contributed by atoms with Crippen molar-refractivity contribution < 1.29 is 14.7 Å². The second-order valence-electron chi connectivity index (χ2n) is 4.36. The molecular formula is C9H16N2O3. The van der Waals surface area contributed by atoms with Gasteiger partial charge >= 0.3 is 12.0 Å². The molecule has 1 atom stereocenters. The van der Waals surface area contributed by atoms with Crippen LogP contribution in [0.2, 0.25) is 0 Å². The van der Waals surface area contributed by atoms with E-state index in [0.29, 0.717) is 6.54 Å². The smallest absolute Gasteiger partial charge is 0.327 e. The third kappa shape index (κ3) is 1.81. The van der Waals surface area contributed by atoms with Crippen molar-refractivity contribution in [3.05, 3.63) is 0 Å². The number of hydrogen-bond acceptors (Lipinski definition) is 2. The molecule has 1 aliphatic heterocycles. The maximum Gasteiger partial charge on any atom is 0.327 e. The second-order valence-corrected chi connectivity index (χ2v) is 4.36. The van der Waals surface area contributed by atoms with Gasteiger partial charge in [0.25, 0.3) is 0 Å². The first-order valence-corrected chi connectivity index (χ1v) is 4.65. The third-order valence-corrected chi connectivity index (χ3v) is 2.79. The van der Waals surface area contributed by atoms with Crippen molar-refractivity contribution in [2.45, 2.75) is 32.7 Å². The molecular weight excluding hydrogens is 184 g/mol. The average molecular weight is 200 g/mol. The zero-order valence-electron chi connectivity index (χ0n) is 8.49. The quantitative estimate of drug-likeness (QED) is 0.651. The molecule has 5 heteroatoms. The van der Waals surface area contributed by atoms with Crippen molar-refractivity contribution in [2.24, 2.45) is 11.1 Å². The van der Waals surface area contributed by atoms with Gasteiger partial charge in [-0.25, -0.2) is 9.59 Å². The van der Waals surface area contributed by atoms with Crippen LogP contribution in [0, 0.1) is 5.41 Å². The Morgan fingerprint density at radius 3 is 2.43 bits per heavy atom. The van der Waals surface area contributed by atoms with Crippen LogP contribution in [-0.2, 0) is 4.79 Å². The fraction of sp³-hybridized carbons (Fsp3) is 0.778. The maximum atomic E-state index is 11.0. The average Bonchev–Trinajstić information content (AvgIpc) is 2.00. The second kappa shape index (κ2) is 3.48. The van der Waals surface area contributed by atoms with Crippen LogP contribution in [0.4, 0.5) is 4.79 Å². The molecule has 2 amide bonds. The standard InChI is InChI=1S/C9H16N2O3/c1-9(2)4-3-5-11(8(10)14)6(9)7(12)13/h6H,3-5H2,1-2H3,(H2,10,14)(H,12,13). The molecule has 14 heavy (non-hydrogen) atoms. The highest BCUT2D eigenvalue weighted by Gasteiger charge is 2.43. The van der Waals surface area contributed by atoms with Gasteiger partial charge in [0.05, 0.1) is 0 Å². The Morgan fingerprint density at radius 2 is 2.07 bits per heavy atom. The van der Waals surface area contributed by atoms with E-state index in [2.05, 4.69) is 0 Å². The van der Waals surface area contributed by atoms with Crippen LogP contribution in [0.25, 0.3) is 0 Å². The molecule has 0 radical (unpaired) electrons. The van der Waals surface area contributed by atoms with Crippen molar-refractivity contribution in [3.8, 4) is 0 Å². The number of piperidine rings is 1. The number of carbonyl (C=O) groups excluding carboxylic acids is 1. The van der Waals surface area contributed by atoms with Gasteiger partial charge < -0.3 is 15.7 Å². The molecule has 0 aromatic heterocycles. The lowest BCUT2D eigenvalue weighted by Crippen LogP contribution is -2.57. The Bertz CT molecular complexity index is 263. The van der Waals surface area contributed by atoms with E-state index in [1.54, 1.807) is 0 Å². The van der Waals surface area contributed by atoms with Crippen LogP contribution in [0.15, 0.2) is 0 Å². The summed E-state index contributed by atoms with van der Waals surface area (Å²) in [6, 6.07) is -1.45. The number of carboxylic acid groups (broad SMARTS) is 1. The van der Waals surface area contributed by atoms with Crippen molar-refractivity contribution in [3.63, 3.8) is 0 Å². The Balaban J connectivity index is 2.96. The summed E-state index contributed by atoms with van der Waals surface area (Å²) in [5, 5.41) is 9.04. The molecule has 0 aromatic rings. The number of rotatable bonds is 1. The lowest BCUT2D eigenvalue weighted by molar-refractivity contribution is -0.148. The summed E-state index contributed by atoms with van der Waals surface area (Å²) in [5.41, 5.74) is 4.74. The molecule has 1 rings (SSSR count). The minimum atomic E-state index is -0.978. The topological polar surface area (TPSA) is 83.6 Å². The van der Waals surface area contributed by atoms with E-state index in [-0.39, 0.29) is 0 Å². The van der Waals surface area contributed by atoms with Gasteiger partial charge in [-0.15, -0.1) is 0 Å². The fourth-order valence-corrected chi connectivity index (χ4v) is 2.10. The molecule has 0 aliphatic carbocycles. The molecule has 0 spiro atoms. The minimum absolute atomic E-state index is 0.404. The van der Waals surface area contributed by atoms with E-state index in [1.807, 2.05) is 13.8 Å². The highest BCUT2D eigenvalue weighted by Crippen LogP contribution is 2.34. The summed E-state index contributed by atoms with van der Waals surface area (Å²) in [5.74, 6) is -0.978. The highest BCUT2D eigenvalue weighted by molar-refractivity contribution is 5.82. The number of carboxylic acids is 1. The maximum absolute atomic E-state index is 11.0. The molecule has 1 saturated heterocycles. The van der Waals surface area contributed by atoms with Crippen LogP contribution in [0.1, 0.15) is 26.7 Å². The predicted octanol–water partition coefficient (Wildman–Crippen LogP) is 0.640. The van der Waals surface area contributed by atoms with Gasteiger partial charge in [-0.1, -0.05) is 13.8 Å². The first-order valence-electron chi connectivity index (χ1n) is 4.65. The number of urea groups is 1. The van der Waals surface area contributed by atoms with Crippen LogP contribution in [-0.4, -0.2) is 34.6 Å². The number of carbonyl (C=O) groups is 2. The summed E-state index contributed by atoms with van der Waals surface area (Å²) in [6.45, 7) is 4.14. The Hall–Kier alpha value is -1.26. The number of amides is 2. The number of primary amides is 1. The van der Waals surface area contributed by atoms with E-state index in [1.165, 1.54) is 4.90 Å². The lowest BCUT2D eigenvalue weighted by Gasteiger charge is -2.43. The summed E-state index contributed by atoms with van der Waals surface area (Å²) < 4.78 is 0. The molecule has 80 valence electrons. The first-order chi connectivity index (χ1) is 6.36. The van der Waals surface area contributed by atoms with E-state index in [9.17, 15) is 9.59 Å². The van der Waals surface area contributed by atoms with Gasteiger partial charge in [0.1, 0.15) is 6.04 Å². The summed E-state index contributed by atoms with van der Waals surface area (Å²) in [7, 11) is 0. The van der Waals surface area contributed by atoms with Gasteiger partial charge in [0.15, 0.2) is 0 Å². The van der Waals surface area contributed by atoms with Gasteiger partial charge in [-0.05, 0) is 18.3 Å². The molecule has 1 heterocycles. The molecule has 1 unspecified atom stereocenters. The van der Waals surface area contributed by atoms with Crippen LogP contribution in [0.5, 0.6) is 0 Å². The molecule has 1 fully saturated rings. The van der Waals surface area contributed by atoms with E-state index >= 15 is 0 Å². The van der Waals surface area contributed by atoms with Crippen molar-refractivity contribution in [1.29, 1.82) is 0 Å². The number of nitrogens with zero attached hydrogens (tertiary/aromatic N) is 1. The lowest BCUT2D eigenvalue weighted by atomic mass is 9.76. The van der Waals surface area contributed by atoms with Gasteiger partial charge in [-0.2, -0.15) is 0 Å². The van der Waals surface area contributed by atoms with Gasteiger partial charge in [0.2, 0.25) is 0 Å². The minimum Gasteiger partial charge on any atom is -0.480 e. The van der Waals surface area contributed by atoms with Crippen molar-refractivity contribution in [2.75, 3.05) is 6.54 Å². The zero-order valence-corrected chi connectivity index (χ0v) is 8.49. The Labute approximate surface area is 82.9 Å². The molecule has 0 aromatic carbocycles. The zero-order chi connectivity index (χ0) is 10.9. The third-order valence-electron chi connectivity index (χ3n) is 2.79. The molecule has 5 nitrogen and oxygen atoms in total. The van der Waals surface area contributed by atoms with Crippen LogP contribution in [0.3, 0.4) is 0 Å². The van der Waals surface area contributed by atoms with Crippen LogP contribution < -0.4 is 5.73 Å². The fourth-order valence-electron chi connectivity index (χ4n) is 2.10. The van der Waals surface area contributed by atoms with Crippen LogP contribution >= 0.6 is 0 Å². The normalized spacial score (nSPS) is 25.9.